The van der Waals surface area contributed by atoms with E-state index in [9.17, 15) is 8.42 Å². The monoisotopic (exact) mass is 335 g/mol. The number of ether oxygens (including phenoxy) is 1. The van der Waals surface area contributed by atoms with Crippen molar-refractivity contribution in [1.82, 2.24) is 14.1 Å². The number of sulfonamides is 1. The summed E-state index contributed by atoms with van der Waals surface area (Å²) in [4.78, 5) is 0.218. The smallest absolute Gasteiger partial charge is 0.246 e. The first-order chi connectivity index (χ1) is 10.0. The molecule has 1 fully saturated rings. The lowest BCUT2D eigenvalue weighted by Gasteiger charge is -2.26. The highest BCUT2D eigenvalue weighted by molar-refractivity contribution is 7.89. The number of alkyl halides is 1. The third kappa shape index (κ3) is 4.42. The highest BCUT2D eigenvalue weighted by Crippen LogP contribution is 2.18. The van der Waals surface area contributed by atoms with Gasteiger partial charge in [-0.1, -0.05) is 0 Å². The number of aryl methyl sites for hydroxylation is 1. The van der Waals surface area contributed by atoms with E-state index in [1.807, 2.05) is 0 Å². The Hall–Kier alpha value is -0.630. The first-order valence-electron chi connectivity index (χ1n) is 7.20. The van der Waals surface area contributed by atoms with E-state index in [1.165, 1.54) is 10.5 Å². The number of hydrogen-bond acceptors (Lipinski definition) is 4. The highest BCUT2D eigenvalue weighted by Gasteiger charge is 2.26. The molecule has 0 aliphatic carbocycles. The van der Waals surface area contributed by atoms with Gasteiger partial charge in [0, 0.05) is 38.8 Å². The number of hydrogen-bond donors (Lipinski definition) is 0. The molecule has 0 radical (unpaired) electrons. The Balaban J connectivity index is 2.00. The maximum atomic E-state index is 12.5. The first-order valence-corrected chi connectivity index (χ1v) is 9.18. The molecule has 2 heterocycles. The average molecular weight is 336 g/mol. The number of rotatable bonds is 7. The van der Waals surface area contributed by atoms with E-state index in [1.54, 1.807) is 17.9 Å². The average Bonchev–Trinajstić information content (AvgIpc) is 2.95. The minimum atomic E-state index is -3.51. The van der Waals surface area contributed by atoms with Crippen molar-refractivity contribution in [3.05, 3.63) is 12.4 Å². The summed E-state index contributed by atoms with van der Waals surface area (Å²) >= 11 is 5.63. The van der Waals surface area contributed by atoms with Gasteiger partial charge in [0.15, 0.2) is 0 Å². The molecule has 0 N–H and O–H groups in total. The molecule has 8 heteroatoms. The summed E-state index contributed by atoms with van der Waals surface area (Å²) < 4.78 is 33.5. The van der Waals surface area contributed by atoms with Crippen molar-refractivity contribution in [2.24, 2.45) is 0 Å². The van der Waals surface area contributed by atoms with Crippen LogP contribution in [0.25, 0.3) is 0 Å². The van der Waals surface area contributed by atoms with Crippen molar-refractivity contribution >= 4 is 21.6 Å². The van der Waals surface area contributed by atoms with Crippen LogP contribution in [0, 0.1) is 0 Å². The lowest BCUT2D eigenvalue weighted by Crippen LogP contribution is -2.37. The molecule has 21 heavy (non-hydrogen) atoms. The van der Waals surface area contributed by atoms with Gasteiger partial charge < -0.3 is 4.74 Å². The van der Waals surface area contributed by atoms with Crippen molar-refractivity contribution in [3.8, 4) is 0 Å². The molecule has 1 saturated heterocycles. The van der Waals surface area contributed by atoms with Crippen molar-refractivity contribution in [1.29, 1.82) is 0 Å². The Kier molecular flexibility index (Phi) is 6.04. The van der Waals surface area contributed by atoms with Crippen LogP contribution in [-0.4, -0.2) is 54.7 Å². The summed E-state index contributed by atoms with van der Waals surface area (Å²) in [6.07, 6.45) is 6.75. The van der Waals surface area contributed by atoms with Crippen LogP contribution in [0.15, 0.2) is 17.3 Å². The Morgan fingerprint density at radius 1 is 1.52 bits per heavy atom. The topological polar surface area (TPSA) is 64.4 Å². The Labute approximate surface area is 131 Å². The molecule has 1 atom stereocenters. The van der Waals surface area contributed by atoms with Crippen LogP contribution in [0.3, 0.4) is 0 Å². The number of nitrogens with zero attached hydrogens (tertiary/aromatic N) is 3. The van der Waals surface area contributed by atoms with Gasteiger partial charge in [-0.15, -0.1) is 11.6 Å². The van der Waals surface area contributed by atoms with Crippen LogP contribution in [-0.2, 0) is 21.3 Å². The molecule has 1 aliphatic heterocycles. The van der Waals surface area contributed by atoms with Gasteiger partial charge in [-0.25, -0.2) is 8.42 Å². The summed E-state index contributed by atoms with van der Waals surface area (Å²) in [7, 11) is -1.92. The third-order valence-electron chi connectivity index (χ3n) is 3.57. The van der Waals surface area contributed by atoms with E-state index in [4.69, 9.17) is 16.3 Å². The first kappa shape index (κ1) is 16.7. The second-order valence-electron chi connectivity index (χ2n) is 5.26. The molecule has 2 rings (SSSR count). The second kappa shape index (κ2) is 7.58. The van der Waals surface area contributed by atoms with E-state index in [0.717, 1.165) is 32.3 Å². The second-order valence-corrected chi connectivity index (χ2v) is 7.68. The SMILES string of the molecule is CN(CC1CCCCO1)S(=O)(=O)c1cnn(CCCCl)c1. The van der Waals surface area contributed by atoms with E-state index in [2.05, 4.69) is 5.10 Å². The van der Waals surface area contributed by atoms with Gasteiger partial charge in [-0.2, -0.15) is 9.40 Å². The van der Waals surface area contributed by atoms with Crippen LogP contribution < -0.4 is 0 Å². The van der Waals surface area contributed by atoms with Crippen molar-refractivity contribution in [2.75, 3.05) is 26.1 Å². The molecular weight excluding hydrogens is 314 g/mol. The van der Waals surface area contributed by atoms with E-state index < -0.39 is 10.0 Å². The summed E-state index contributed by atoms with van der Waals surface area (Å²) in [5.74, 6) is 0.529. The van der Waals surface area contributed by atoms with Gasteiger partial charge in [-0.05, 0) is 25.7 Å². The molecule has 0 saturated carbocycles. The van der Waals surface area contributed by atoms with E-state index in [-0.39, 0.29) is 11.0 Å². The van der Waals surface area contributed by atoms with Gasteiger partial charge in [-0.3, -0.25) is 4.68 Å². The van der Waals surface area contributed by atoms with Crippen molar-refractivity contribution in [2.45, 2.75) is 43.2 Å². The van der Waals surface area contributed by atoms with Gasteiger partial charge in [0.05, 0.1) is 12.3 Å². The molecule has 0 aromatic carbocycles. The maximum Gasteiger partial charge on any atom is 0.246 e. The van der Waals surface area contributed by atoms with Crippen molar-refractivity contribution in [3.63, 3.8) is 0 Å². The van der Waals surface area contributed by atoms with Crippen LogP contribution in [0.1, 0.15) is 25.7 Å². The quantitative estimate of drug-likeness (QED) is 0.711. The zero-order chi connectivity index (χ0) is 15.3. The highest BCUT2D eigenvalue weighted by atomic mass is 35.5. The predicted octanol–water partition coefficient (Wildman–Crippen LogP) is 1.70. The molecule has 0 amide bonds. The van der Waals surface area contributed by atoms with Crippen LogP contribution >= 0.6 is 11.6 Å². The van der Waals surface area contributed by atoms with E-state index >= 15 is 0 Å². The lowest BCUT2D eigenvalue weighted by atomic mass is 10.1. The molecule has 1 aliphatic rings. The molecule has 0 bridgehead atoms. The fourth-order valence-corrected chi connectivity index (χ4v) is 3.62. The molecule has 1 aromatic heterocycles. The minimum Gasteiger partial charge on any atom is -0.377 e. The molecule has 1 aromatic rings. The molecular formula is C13H22ClN3O3S. The standard InChI is InChI=1S/C13H22ClN3O3S/c1-16(10-12-5-2-3-8-20-12)21(18,19)13-9-15-17(11-13)7-4-6-14/h9,11-12H,2-8,10H2,1H3. The van der Waals surface area contributed by atoms with Gasteiger partial charge in [0.25, 0.3) is 0 Å². The summed E-state index contributed by atoms with van der Waals surface area (Å²) in [5.41, 5.74) is 0. The fraction of sp³-hybridized carbons (Fsp3) is 0.769. The molecule has 1 unspecified atom stereocenters. The Bertz CT molecular complexity index is 541. The molecule has 120 valence electrons. The largest absolute Gasteiger partial charge is 0.377 e. The zero-order valence-electron chi connectivity index (χ0n) is 12.2. The van der Waals surface area contributed by atoms with Crippen molar-refractivity contribution < 1.29 is 13.2 Å². The fourth-order valence-electron chi connectivity index (χ4n) is 2.34. The third-order valence-corrected chi connectivity index (χ3v) is 5.62. The molecule has 6 nitrogen and oxygen atoms in total. The minimum absolute atomic E-state index is 0.00943. The summed E-state index contributed by atoms with van der Waals surface area (Å²) in [6, 6.07) is 0. The zero-order valence-corrected chi connectivity index (χ0v) is 13.8. The molecule has 0 spiro atoms. The van der Waals surface area contributed by atoms with Gasteiger partial charge in [0.1, 0.15) is 4.90 Å². The maximum absolute atomic E-state index is 12.5. The number of likely N-dealkylation sites (N-methyl/N-ethyl adjacent to an activating group) is 1. The van der Waals surface area contributed by atoms with Gasteiger partial charge >= 0.3 is 0 Å². The number of halogens is 1. The van der Waals surface area contributed by atoms with Gasteiger partial charge in [0.2, 0.25) is 10.0 Å². The van der Waals surface area contributed by atoms with E-state index in [0.29, 0.717) is 19.0 Å². The summed E-state index contributed by atoms with van der Waals surface area (Å²) in [6.45, 7) is 1.72. The Morgan fingerprint density at radius 3 is 3.00 bits per heavy atom. The van der Waals surface area contributed by atoms with Crippen LogP contribution in [0.5, 0.6) is 0 Å². The predicted molar refractivity (Wildman–Crippen MR) is 81.0 cm³/mol. The normalized spacial score (nSPS) is 20.0. The summed E-state index contributed by atoms with van der Waals surface area (Å²) in [5, 5.41) is 4.07. The van der Waals surface area contributed by atoms with Crippen LogP contribution in [0.4, 0.5) is 0 Å². The Morgan fingerprint density at radius 2 is 2.33 bits per heavy atom. The van der Waals surface area contributed by atoms with Crippen LogP contribution in [0.2, 0.25) is 0 Å². The lowest BCUT2D eigenvalue weighted by molar-refractivity contribution is 0.00858. The number of aromatic nitrogens is 2.